The fraction of sp³-hybridized carbons (Fsp3) is 0.368. The van der Waals surface area contributed by atoms with Crippen molar-refractivity contribution in [2.75, 3.05) is 37.8 Å². The van der Waals surface area contributed by atoms with E-state index in [1.807, 2.05) is 30.3 Å². The number of nitrogens with zero attached hydrogens (tertiary/aromatic N) is 2. The number of carbonyl (C=O) groups excluding carboxylic acids is 1. The fourth-order valence-corrected chi connectivity index (χ4v) is 2.95. The molecule has 0 bridgehead atoms. The highest BCUT2D eigenvalue weighted by atomic mass is 16.6. The Kier molecular flexibility index (Phi) is 4.88. The molecule has 7 nitrogen and oxygen atoms in total. The monoisotopic (exact) mass is 355 g/mol. The van der Waals surface area contributed by atoms with E-state index in [9.17, 15) is 4.79 Å². The van der Waals surface area contributed by atoms with Gasteiger partial charge in [0.25, 0.3) is 5.91 Å². The van der Waals surface area contributed by atoms with Crippen molar-refractivity contribution >= 4 is 11.7 Å². The van der Waals surface area contributed by atoms with Gasteiger partial charge < -0.3 is 24.4 Å². The minimum atomic E-state index is -0.648. The van der Waals surface area contributed by atoms with Crippen LogP contribution in [0.15, 0.2) is 42.6 Å². The number of anilines is 1. The van der Waals surface area contributed by atoms with Crippen LogP contribution in [0.4, 0.5) is 5.82 Å². The molecule has 0 saturated carbocycles. The average molecular weight is 355 g/mol. The van der Waals surface area contributed by atoms with E-state index in [1.54, 1.807) is 12.3 Å². The molecular weight excluding hydrogens is 334 g/mol. The normalized spacial score (nSPS) is 19.1. The Labute approximate surface area is 151 Å². The number of hydrogen-bond donors (Lipinski definition) is 1. The van der Waals surface area contributed by atoms with Crippen molar-refractivity contribution in [3.05, 3.63) is 48.2 Å². The zero-order chi connectivity index (χ0) is 17.8. The van der Waals surface area contributed by atoms with Crippen LogP contribution >= 0.6 is 0 Å². The number of morpholine rings is 1. The molecule has 2 aromatic rings. The Morgan fingerprint density at radius 3 is 2.73 bits per heavy atom. The Morgan fingerprint density at radius 2 is 1.96 bits per heavy atom. The van der Waals surface area contributed by atoms with Gasteiger partial charge in [0, 0.05) is 25.8 Å². The summed E-state index contributed by atoms with van der Waals surface area (Å²) in [6.07, 6.45) is 1.14. The van der Waals surface area contributed by atoms with Gasteiger partial charge in [-0.2, -0.15) is 0 Å². The number of fused-ring (bicyclic) bond motifs is 1. The fourth-order valence-electron chi connectivity index (χ4n) is 2.95. The van der Waals surface area contributed by atoms with Crippen LogP contribution in [0.3, 0.4) is 0 Å². The smallest absolute Gasteiger partial charge is 0.264 e. The van der Waals surface area contributed by atoms with Crippen LogP contribution in [-0.4, -0.2) is 49.9 Å². The van der Waals surface area contributed by atoms with Gasteiger partial charge in [-0.1, -0.05) is 18.2 Å². The number of benzene rings is 1. The lowest BCUT2D eigenvalue weighted by Crippen LogP contribution is -2.43. The summed E-state index contributed by atoms with van der Waals surface area (Å²) in [5, 5.41) is 2.88. The number of para-hydroxylation sites is 2. The number of rotatable bonds is 4. The minimum Gasteiger partial charge on any atom is -0.485 e. The predicted molar refractivity (Wildman–Crippen MR) is 95.5 cm³/mol. The summed E-state index contributed by atoms with van der Waals surface area (Å²) in [5.74, 6) is 2.00. The van der Waals surface area contributed by atoms with Gasteiger partial charge in [-0.15, -0.1) is 0 Å². The van der Waals surface area contributed by atoms with E-state index in [2.05, 4.69) is 15.2 Å². The second-order valence-corrected chi connectivity index (χ2v) is 6.21. The predicted octanol–water partition coefficient (Wildman–Crippen LogP) is 1.37. The van der Waals surface area contributed by atoms with Gasteiger partial charge in [-0.05, 0) is 23.8 Å². The van der Waals surface area contributed by atoms with Crippen molar-refractivity contribution in [1.29, 1.82) is 0 Å². The van der Waals surface area contributed by atoms with Crippen LogP contribution in [0.1, 0.15) is 5.56 Å². The molecule has 0 spiro atoms. The van der Waals surface area contributed by atoms with Crippen molar-refractivity contribution in [2.24, 2.45) is 0 Å². The summed E-state index contributed by atoms with van der Waals surface area (Å²) >= 11 is 0. The topological polar surface area (TPSA) is 72.9 Å². The molecule has 1 atom stereocenters. The molecule has 0 aliphatic carbocycles. The maximum absolute atomic E-state index is 12.3. The second kappa shape index (κ2) is 7.61. The van der Waals surface area contributed by atoms with Gasteiger partial charge in [0.05, 0.1) is 13.2 Å². The highest BCUT2D eigenvalue weighted by Gasteiger charge is 2.27. The van der Waals surface area contributed by atoms with Crippen LogP contribution in [0.2, 0.25) is 0 Å². The molecule has 2 aliphatic heterocycles. The van der Waals surface area contributed by atoms with Crippen molar-refractivity contribution < 1.29 is 19.0 Å². The van der Waals surface area contributed by atoms with Gasteiger partial charge in [0.1, 0.15) is 12.4 Å². The first-order chi connectivity index (χ1) is 12.8. The minimum absolute atomic E-state index is 0.197. The third kappa shape index (κ3) is 3.72. The summed E-state index contributed by atoms with van der Waals surface area (Å²) in [5.41, 5.74) is 0.937. The third-order valence-corrected chi connectivity index (χ3v) is 4.41. The Morgan fingerprint density at radius 1 is 1.15 bits per heavy atom. The van der Waals surface area contributed by atoms with E-state index < -0.39 is 6.10 Å². The third-order valence-electron chi connectivity index (χ3n) is 4.41. The number of amides is 1. The number of pyridine rings is 1. The molecule has 0 radical (unpaired) electrons. The quantitative estimate of drug-likeness (QED) is 0.893. The first-order valence-corrected chi connectivity index (χ1v) is 8.73. The molecule has 0 unspecified atom stereocenters. The molecule has 3 heterocycles. The van der Waals surface area contributed by atoms with Gasteiger partial charge in [-0.3, -0.25) is 4.79 Å². The van der Waals surface area contributed by atoms with E-state index in [0.29, 0.717) is 18.0 Å². The average Bonchev–Trinajstić information content (AvgIpc) is 2.72. The molecule has 1 amide bonds. The Hall–Kier alpha value is -2.80. The standard InChI is InChI=1S/C19H21N3O4/c23-19(17-13-25-15-3-1-2-4-16(15)26-17)21-12-14-5-6-18(20-11-14)22-7-9-24-10-8-22/h1-6,11,17H,7-10,12-13H2,(H,21,23)/t17-/m0/s1. The molecule has 2 aliphatic rings. The number of carbonyl (C=O) groups is 1. The van der Waals surface area contributed by atoms with Crippen LogP contribution in [-0.2, 0) is 16.1 Å². The highest BCUT2D eigenvalue weighted by molar-refractivity contribution is 5.81. The molecular formula is C19H21N3O4. The van der Waals surface area contributed by atoms with Crippen molar-refractivity contribution in [1.82, 2.24) is 10.3 Å². The van der Waals surface area contributed by atoms with Crippen LogP contribution in [0.25, 0.3) is 0 Å². The zero-order valence-corrected chi connectivity index (χ0v) is 14.4. The molecule has 7 heteroatoms. The van der Waals surface area contributed by atoms with Gasteiger partial charge in [0.15, 0.2) is 11.5 Å². The maximum atomic E-state index is 12.3. The SMILES string of the molecule is O=C(NCc1ccc(N2CCOCC2)nc1)[C@@H]1COc2ccccc2O1. The van der Waals surface area contributed by atoms with Crippen LogP contribution < -0.4 is 19.7 Å². The number of ether oxygens (including phenoxy) is 3. The summed E-state index contributed by atoms with van der Waals surface area (Å²) in [6, 6.07) is 11.3. The number of hydrogen-bond acceptors (Lipinski definition) is 6. The van der Waals surface area contributed by atoms with Gasteiger partial charge >= 0.3 is 0 Å². The second-order valence-electron chi connectivity index (χ2n) is 6.21. The molecule has 26 heavy (non-hydrogen) atoms. The van der Waals surface area contributed by atoms with E-state index >= 15 is 0 Å². The summed E-state index contributed by atoms with van der Waals surface area (Å²) in [4.78, 5) is 19.0. The molecule has 1 fully saturated rings. The lowest BCUT2D eigenvalue weighted by molar-refractivity contribution is -0.130. The molecule has 136 valence electrons. The summed E-state index contributed by atoms with van der Waals surface area (Å²) in [7, 11) is 0. The molecule has 1 aromatic heterocycles. The van der Waals surface area contributed by atoms with Crippen molar-refractivity contribution in [3.8, 4) is 11.5 Å². The van der Waals surface area contributed by atoms with E-state index in [1.165, 1.54) is 0 Å². The van der Waals surface area contributed by atoms with Gasteiger partial charge in [0.2, 0.25) is 6.10 Å². The van der Waals surface area contributed by atoms with Crippen molar-refractivity contribution in [3.63, 3.8) is 0 Å². The Balaban J connectivity index is 1.30. The largest absolute Gasteiger partial charge is 0.485 e. The molecule has 4 rings (SSSR count). The van der Waals surface area contributed by atoms with Gasteiger partial charge in [-0.25, -0.2) is 4.98 Å². The lowest BCUT2D eigenvalue weighted by Gasteiger charge is -2.27. The van der Waals surface area contributed by atoms with Crippen molar-refractivity contribution in [2.45, 2.75) is 12.6 Å². The van der Waals surface area contributed by atoms with Crippen LogP contribution in [0, 0.1) is 0 Å². The lowest BCUT2D eigenvalue weighted by atomic mass is 10.2. The van der Waals surface area contributed by atoms with E-state index in [0.717, 1.165) is 37.7 Å². The van der Waals surface area contributed by atoms with E-state index in [-0.39, 0.29) is 12.5 Å². The Bertz CT molecular complexity index is 760. The molecule has 1 N–H and O–H groups in total. The highest BCUT2D eigenvalue weighted by Crippen LogP contribution is 2.30. The molecule has 1 aromatic carbocycles. The van der Waals surface area contributed by atoms with Crippen LogP contribution in [0.5, 0.6) is 11.5 Å². The summed E-state index contributed by atoms with van der Waals surface area (Å²) < 4.78 is 16.6. The number of aromatic nitrogens is 1. The maximum Gasteiger partial charge on any atom is 0.264 e. The molecule has 1 saturated heterocycles. The first kappa shape index (κ1) is 16.7. The number of nitrogens with one attached hydrogen (secondary N) is 1. The first-order valence-electron chi connectivity index (χ1n) is 8.73. The zero-order valence-electron chi connectivity index (χ0n) is 14.4. The van der Waals surface area contributed by atoms with E-state index in [4.69, 9.17) is 14.2 Å². The summed E-state index contributed by atoms with van der Waals surface area (Å²) in [6.45, 7) is 3.76.